The maximum absolute atomic E-state index is 12.3. The van der Waals surface area contributed by atoms with E-state index in [-0.39, 0.29) is 5.91 Å². The smallest absolute Gasteiger partial charge is 0.255 e. The Bertz CT molecular complexity index is 638. The third kappa shape index (κ3) is 3.75. The lowest BCUT2D eigenvalue weighted by molar-refractivity contribution is 0.102. The van der Waals surface area contributed by atoms with Crippen LogP contribution >= 0.6 is 0 Å². The lowest BCUT2D eigenvalue weighted by Crippen LogP contribution is -2.13. The Kier molecular flexibility index (Phi) is 4.82. The van der Waals surface area contributed by atoms with Crippen LogP contribution in [0.2, 0.25) is 0 Å². The largest absolute Gasteiger partial charge is 0.491 e. The van der Waals surface area contributed by atoms with Gasteiger partial charge in [0.1, 0.15) is 5.75 Å². The van der Waals surface area contributed by atoms with Crippen LogP contribution < -0.4 is 15.8 Å². The molecule has 0 saturated heterocycles. The second-order valence-electron chi connectivity index (χ2n) is 4.87. The zero-order valence-corrected chi connectivity index (χ0v) is 12.3. The zero-order chi connectivity index (χ0) is 15.2. The van der Waals surface area contributed by atoms with E-state index in [1.54, 1.807) is 12.1 Å². The fraction of sp³-hybridized carbons (Fsp3) is 0.235. The van der Waals surface area contributed by atoms with Crippen LogP contribution in [0.3, 0.4) is 0 Å². The number of carbonyl (C=O) groups excluding carboxylic acids is 1. The number of nitrogens with one attached hydrogen (secondary N) is 1. The van der Waals surface area contributed by atoms with Crippen molar-refractivity contribution in [3.63, 3.8) is 0 Å². The van der Waals surface area contributed by atoms with Crippen molar-refractivity contribution < 1.29 is 9.53 Å². The fourth-order valence-corrected chi connectivity index (χ4v) is 1.88. The standard InChI is InChI=1S/C17H20N2O2/c1-3-10-21-16-7-5-4-6-15(16)19-17(20)13-9-8-12(2)14(18)11-13/h4-9,11H,3,10,18H2,1-2H3,(H,19,20). The molecule has 21 heavy (non-hydrogen) atoms. The van der Waals surface area contributed by atoms with E-state index < -0.39 is 0 Å². The molecule has 4 nitrogen and oxygen atoms in total. The Balaban J connectivity index is 2.17. The lowest BCUT2D eigenvalue weighted by atomic mass is 10.1. The molecular formula is C17H20N2O2. The molecule has 3 N–H and O–H groups in total. The first-order valence-corrected chi connectivity index (χ1v) is 7.01. The van der Waals surface area contributed by atoms with E-state index in [2.05, 4.69) is 5.32 Å². The molecule has 0 radical (unpaired) electrons. The van der Waals surface area contributed by atoms with Gasteiger partial charge in [-0.15, -0.1) is 0 Å². The lowest BCUT2D eigenvalue weighted by Gasteiger charge is -2.12. The Morgan fingerprint density at radius 3 is 2.71 bits per heavy atom. The minimum absolute atomic E-state index is 0.200. The van der Waals surface area contributed by atoms with E-state index in [0.717, 1.165) is 12.0 Å². The van der Waals surface area contributed by atoms with Crippen LogP contribution in [0, 0.1) is 6.92 Å². The number of ether oxygens (including phenoxy) is 1. The maximum atomic E-state index is 12.3. The first-order valence-electron chi connectivity index (χ1n) is 7.01. The van der Waals surface area contributed by atoms with E-state index in [4.69, 9.17) is 10.5 Å². The van der Waals surface area contributed by atoms with Gasteiger partial charge in [0.05, 0.1) is 12.3 Å². The van der Waals surface area contributed by atoms with Gasteiger partial charge in [0.15, 0.2) is 0 Å². The number of amides is 1. The normalized spacial score (nSPS) is 10.2. The van der Waals surface area contributed by atoms with Crippen LogP contribution in [-0.2, 0) is 0 Å². The highest BCUT2D eigenvalue weighted by atomic mass is 16.5. The SMILES string of the molecule is CCCOc1ccccc1NC(=O)c1ccc(C)c(N)c1. The highest BCUT2D eigenvalue weighted by molar-refractivity contribution is 6.05. The fourth-order valence-electron chi connectivity index (χ4n) is 1.88. The van der Waals surface area contributed by atoms with Crippen LogP contribution in [0.25, 0.3) is 0 Å². The first-order chi connectivity index (χ1) is 10.1. The summed E-state index contributed by atoms with van der Waals surface area (Å²) in [7, 11) is 0. The summed E-state index contributed by atoms with van der Waals surface area (Å²) in [6.07, 6.45) is 0.913. The van der Waals surface area contributed by atoms with Gasteiger partial charge in [-0.1, -0.05) is 25.1 Å². The summed E-state index contributed by atoms with van der Waals surface area (Å²) in [4.78, 5) is 12.3. The highest BCUT2D eigenvalue weighted by Crippen LogP contribution is 2.25. The summed E-state index contributed by atoms with van der Waals surface area (Å²) in [5.74, 6) is 0.474. The minimum Gasteiger partial charge on any atom is -0.491 e. The van der Waals surface area contributed by atoms with Gasteiger partial charge >= 0.3 is 0 Å². The van der Waals surface area contributed by atoms with Gasteiger partial charge < -0.3 is 15.8 Å². The molecule has 4 heteroatoms. The number of aryl methyl sites for hydroxylation is 1. The molecule has 0 aliphatic rings. The quantitative estimate of drug-likeness (QED) is 0.824. The number of hydrogen-bond acceptors (Lipinski definition) is 3. The summed E-state index contributed by atoms with van der Waals surface area (Å²) >= 11 is 0. The molecule has 0 aliphatic heterocycles. The van der Waals surface area contributed by atoms with Crippen LogP contribution in [0.5, 0.6) is 5.75 Å². The van der Waals surface area contributed by atoms with Crippen molar-refractivity contribution in [3.05, 3.63) is 53.6 Å². The summed E-state index contributed by atoms with van der Waals surface area (Å²) in [5, 5.41) is 2.86. The van der Waals surface area contributed by atoms with E-state index in [9.17, 15) is 4.79 Å². The molecule has 2 aromatic rings. The molecule has 0 heterocycles. The number of para-hydroxylation sites is 2. The molecule has 0 spiro atoms. The van der Waals surface area contributed by atoms with Gasteiger partial charge in [0.2, 0.25) is 0 Å². The first kappa shape index (κ1) is 14.9. The van der Waals surface area contributed by atoms with Crippen LogP contribution in [0.4, 0.5) is 11.4 Å². The Morgan fingerprint density at radius 1 is 1.24 bits per heavy atom. The molecule has 0 aromatic heterocycles. The van der Waals surface area contributed by atoms with Crippen LogP contribution in [-0.4, -0.2) is 12.5 Å². The topological polar surface area (TPSA) is 64.3 Å². The summed E-state index contributed by atoms with van der Waals surface area (Å²) < 4.78 is 5.63. The molecule has 2 aromatic carbocycles. The van der Waals surface area contributed by atoms with Crippen molar-refractivity contribution in [2.24, 2.45) is 0 Å². The molecule has 2 rings (SSSR count). The maximum Gasteiger partial charge on any atom is 0.255 e. The van der Waals surface area contributed by atoms with E-state index >= 15 is 0 Å². The van der Waals surface area contributed by atoms with E-state index in [0.29, 0.717) is 29.3 Å². The second-order valence-corrected chi connectivity index (χ2v) is 4.87. The minimum atomic E-state index is -0.200. The summed E-state index contributed by atoms with van der Waals surface area (Å²) in [6.45, 7) is 4.56. The summed E-state index contributed by atoms with van der Waals surface area (Å²) in [5.41, 5.74) is 8.60. The third-order valence-electron chi connectivity index (χ3n) is 3.14. The predicted octanol–water partition coefficient (Wildman–Crippen LogP) is 3.62. The third-order valence-corrected chi connectivity index (χ3v) is 3.14. The van der Waals surface area contributed by atoms with Gasteiger partial charge in [-0.25, -0.2) is 0 Å². The number of anilines is 2. The molecular weight excluding hydrogens is 264 g/mol. The molecule has 0 aliphatic carbocycles. The molecule has 1 amide bonds. The van der Waals surface area contributed by atoms with Crippen molar-refractivity contribution in [2.45, 2.75) is 20.3 Å². The van der Waals surface area contributed by atoms with Crippen LogP contribution in [0.1, 0.15) is 29.3 Å². The number of hydrogen-bond donors (Lipinski definition) is 2. The van der Waals surface area contributed by atoms with Gasteiger partial charge in [0.25, 0.3) is 5.91 Å². The molecule has 0 atom stereocenters. The number of nitrogen functional groups attached to an aromatic ring is 1. The second kappa shape index (κ2) is 6.79. The Morgan fingerprint density at radius 2 is 2.00 bits per heavy atom. The van der Waals surface area contributed by atoms with Crippen molar-refractivity contribution in [2.75, 3.05) is 17.7 Å². The molecule has 0 fully saturated rings. The average molecular weight is 284 g/mol. The van der Waals surface area contributed by atoms with Crippen molar-refractivity contribution >= 4 is 17.3 Å². The molecule has 0 unspecified atom stereocenters. The van der Waals surface area contributed by atoms with Crippen molar-refractivity contribution in [3.8, 4) is 5.75 Å². The number of benzene rings is 2. The molecule has 110 valence electrons. The van der Waals surface area contributed by atoms with Crippen molar-refractivity contribution in [1.82, 2.24) is 0 Å². The van der Waals surface area contributed by atoms with Gasteiger partial charge in [-0.05, 0) is 43.2 Å². The number of nitrogens with two attached hydrogens (primary N) is 1. The van der Waals surface area contributed by atoms with Crippen LogP contribution in [0.15, 0.2) is 42.5 Å². The molecule has 0 saturated carbocycles. The summed E-state index contributed by atoms with van der Waals surface area (Å²) in [6, 6.07) is 12.7. The van der Waals surface area contributed by atoms with Gasteiger partial charge in [-0.2, -0.15) is 0 Å². The highest BCUT2D eigenvalue weighted by Gasteiger charge is 2.10. The predicted molar refractivity (Wildman–Crippen MR) is 85.8 cm³/mol. The monoisotopic (exact) mass is 284 g/mol. The Labute approximate surface area is 124 Å². The average Bonchev–Trinajstić information content (AvgIpc) is 2.49. The van der Waals surface area contributed by atoms with E-state index in [1.165, 1.54) is 0 Å². The van der Waals surface area contributed by atoms with Crippen molar-refractivity contribution in [1.29, 1.82) is 0 Å². The van der Waals surface area contributed by atoms with E-state index in [1.807, 2.05) is 44.2 Å². The Hall–Kier alpha value is -2.49. The van der Waals surface area contributed by atoms with Gasteiger partial charge in [-0.3, -0.25) is 4.79 Å². The zero-order valence-electron chi connectivity index (χ0n) is 12.3. The number of rotatable bonds is 5. The van der Waals surface area contributed by atoms with Gasteiger partial charge in [0, 0.05) is 11.3 Å². The number of carbonyl (C=O) groups is 1. The molecule has 0 bridgehead atoms.